The predicted octanol–water partition coefficient (Wildman–Crippen LogP) is 4.87. The molecule has 192 valence electrons. The summed E-state index contributed by atoms with van der Waals surface area (Å²) in [4.78, 5) is 7.01. The van der Waals surface area contributed by atoms with Gasteiger partial charge in [-0.25, -0.2) is 0 Å². The highest BCUT2D eigenvalue weighted by molar-refractivity contribution is 5.82. The zero-order valence-electron chi connectivity index (χ0n) is 21.7. The third-order valence-corrected chi connectivity index (χ3v) is 11.8. The second-order valence-electron chi connectivity index (χ2n) is 13.5. The molecule has 9 atom stereocenters. The number of pyridine rings is 1. The first-order valence-electron chi connectivity index (χ1n) is 14.6. The lowest BCUT2D eigenvalue weighted by Crippen LogP contribution is -2.57. The lowest BCUT2D eigenvalue weighted by Gasteiger charge is -2.54. The van der Waals surface area contributed by atoms with Gasteiger partial charge in [0.25, 0.3) is 0 Å². The minimum Gasteiger partial charge on any atom is -0.363 e. The summed E-state index contributed by atoms with van der Waals surface area (Å²) in [7, 11) is 0. The Morgan fingerprint density at radius 2 is 2.05 bits per heavy atom. The van der Waals surface area contributed by atoms with E-state index in [1.165, 1.54) is 40.3 Å². The fraction of sp³-hybridized carbons (Fsp3) is 0.594. The highest BCUT2D eigenvalue weighted by Gasteiger charge is 2.71. The maximum absolute atomic E-state index is 7.54. The van der Waals surface area contributed by atoms with Gasteiger partial charge in [-0.05, 0) is 96.4 Å². The molecule has 2 unspecified atom stereocenters. The fourth-order valence-electron chi connectivity index (χ4n) is 10.0. The van der Waals surface area contributed by atoms with Gasteiger partial charge in [0.05, 0.1) is 11.2 Å². The average Bonchev–Trinajstić information content (AvgIpc) is 3.30. The summed E-state index contributed by atoms with van der Waals surface area (Å²) in [6, 6.07) is 9.96. The Balaban J connectivity index is 1.08. The molecule has 7 aliphatic rings. The lowest BCUT2D eigenvalue weighted by molar-refractivity contribution is -0.137. The van der Waals surface area contributed by atoms with E-state index in [9.17, 15) is 0 Å². The number of hydrogen-bond acceptors (Lipinski definition) is 5. The van der Waals surface area contributed by atoms with Crippen molar-refractivity contribution in [3.63, 3.8) is 0 Å². The van der Waals surface area contributed by atoms with Crippen LogP contribution in [-0.4, -0.2) is 58.5 Å². The largest absolute Gasteiger partial charge is 0.363 e. The molecule has 5 heterocycles. The van der Waals surface area contributed by atoms with Crippen LogP contribution in [0.3, 0.4) is 0 Å². The van der Waals surface area contributed by atoms with Crippen LogP contribution in [-0.2, 0) is 9.47 Å². The van der Waals surface area contributed by atoms with E-state index in [0.717, 1.165) is 45.2 Å². The van der Waals surface area contributed by atoms with Crippen molar-refractivity contribution in [2.45, 2.75) is 93.3 Å². The van der Waals surface area contributed by atoms with Crippen LogP contribution in [0.2, 0.25) is 0 Å². The Morgan fingerprint density at radius 1 is 1.11 bits per heavy atom. The van der Waals surface area contributed by atoms with E-state index in [2.05, 4.69) is 53.2 Å². The number of aromatic nitrogens is 1. The van der Waals surface area contributed by atoms with Crippen molar-refractivity contribution in [3.05, 3.63) is 65.5 Å². The minimum absolute atomic E-state index is 0.128. The molecule has 1 aromatic carbocycles. The maximum atomic E-state index is 7.54. The highest BCUT2D eigenvalue weighted by atomic mass is 16.6. The van der Waals surface area contributed by atoms with Gasteiger partial charge in [-0.1, -0.05) is 31.2 Å². The quantitative estimate of drug-likeness (QED) is 0.603. The van der Waals surface area contributed by atoms with Gasteiger partial charge in [-0.2, -0.15) is 0 Å². The molecule has 5 nitrogen and oxygen atoms in total. The molecule has 9 rings (SSSR count). The number of likely N-dealkylation sites (tertiary alicyclic amines) is 1. The molecule has 37 heavy (non-hydrogen) atoms. The van der Waals surface area contributed by atoms with E-state index < -0.39 is 0 Å². The van der Waals surface area contributed by atoms with Gasteiger partial charge in [-0.3, -0.25) is 9.88 Å². The van der Waals surface area contributed by atoms with E-state index >= 15 is 0 Å². The molecule has 1 aromatic heterocycles. The second kappa shape index (κ2) is 7.12. The Bertz CT molecular complexity index is 1390. The van der Waals surface area contributed by atoms with Crippen molar-refractivity contribution in [3.8, 4) is 0 Å². The van der Waals surface area contributed by atoms with Crippen LogP contribution in [0.4, 0.5) is 0 Å². The Hall–Kier alpha value is -2.05. The molecule has 4 aliphatic heterocycles. The number of allylic oxidation sites excluding steroid dienone is 1. The van der Waals surface area contributed by atoms with Crippen LogP contribution in [0.5, 0.6) is 0 Å². The van der Waals surface area contributed by atoms with Crippen molar-refractivity contribution in [2.75, 3.05) is 13.1 Å². The molecular formula is C32H37N3O2. The van der Waals surface area contributed by atoms with Gasteiger partial charge < -0.3 is 15.2 Å². The number of epoxide rings is 1. The predicted molar refractivity (Wildman–Crippen MR) is 143 cm³/mol. The van der Waals surface area contributed by atoms with Gasteiger partial charge in [0.15, 0.2) is 0 Å². The summed E-state index contributed by atoms with van der Waals surface area (Å²) in [5.41, 5.74) is 10.7. The Kier molecular flexibility index (Phi) is 4.20. The van der Waals surface area contributed by atoms with Crippen molar-refractivity contribution < 1.29 is 9.47 Å². The molecule has 0 radical (unpaired) electrons. The molecule has 0 amide bonds. The third kappa shape index (κ3) is 2.77. The van der Waals surface area contributed by atoms with E-state index in [4.69, 9.17) is 15.2 Å². The van der Waals surface area contributed by atoms with Gasteiger partial charge >= 0.3 is 0 Å². The molecule has 2 bridgehead atoms. The molecule has 2 saturated carbocycles. The van der Waals surface area contributed by atoms with Crippen LogP contribution < -0.4 is 5.73 Å². The molecular weight excluding hydrogens is 458 g/mol. The van der Waals surface area contributed by atoms with E-state index in [0.29, 0.717) is 30.0 Å². The van der Waals surface area contributed by atoms with E-state index in [-0.39, 0.29) is 22.7 Å². The van der Waals surface area contributed by atoms with Gasteiger partial charge in [-0.15, -0.1) is 0 Å². The molecule has 5 fully saturated rings. The topological polar surface area (TPSA) is 63.9 Å². The van der Waals surface area contributed by atoms with Crippen molar-refractivity contribution in [2.24, 2.45) is 17.1 Å². The molecule has 3 aliphatic carbocycles. The minimum atomic E-state index is -0.142. The summed E-state index contributed by atoms with van der Waals surface area (Å²) in [5, 5.41) is 2.53. The summed E-state index contributed by atoms with van der Waals surface area (Å²) in [5.74, 6) is 1.12. The van der Waals surface area contributed by atoms with Crippen LogP contribution >= 0.6 is 0 Å². The number of nitrogens with zero attached hydrogens (tertiary/aromatic N) is 2. The monoisotopic (exact) mass is 495 g/mol. The van der Waals surface area contributed by atoms with Crippen LogP contribution in [0.25, 0.3) is 10.8 Å². The van der Waals surface area contributed by atoms with Crippen LogP contribution in [0, 0.1) is 11.3 Å². The first-order chi connectivity index (χ1) is 18.0. The number of rotatable bonds is 2. The van der Waals surface area contributed by atoms with Crippen molar-refractivity contribution in [1.29, 1.82) is 0 Å². The molecule has 2 spiro atoms. The third-order valence-electron chi connectivity index (χ3n) is 11.8. The first kappa shape index (κ1) is 21.8. The normalized spacial score (nSPS) is 47.6. The lowest BCUT2D eigenvalue weighted by atomic mass is 9.58. The Labute approximate surface area is 219 Å². The first-order valence-corrected chi connectivity index (χ1v) is 14.6. The molecule has 2 N–H and O–H groups in total. The maximum Gasteiger partial charge on any atom is 0.110 e. The number of benzene rings is 1. The zero-order valence-corrected chi connectivity index (χ0v) is 21.7. The number of hydrogen-bond donors (Lipinski definition) is 1. The Morgan fingerprint density at radius 3 is 2.95 bits per heavy atom. The van der Waals surface area contributed by atoms with E-state index in [1.807, 2.05) is 12.4 Å². The molecule has 5 heteroatoms. The van der Waals surface area contributed by atoms with Crippen LogP contribution in [0.15, 0.2) is 60.0 Å². The smallest absolute Gasteiger partial charge is 0.110 e. The summed E-state index contributed by atoms with van der Waals surface area (Å²) >= 11 is 0. The zero-order chi connectivity index (χ0) is 24.6. The van der Waals surface area contributed by atoms with Gasteiger partial charge in [0.1, 0.15) is 12.2 Å². The highest BCUT2D eigenvalue weighted by Crippen LogP contribution is 2.70. The van der Waals surface area contributed by atoms with Gasteiger partial charge in [0, 0.05) is 43.0 Å². The van der Waals surface area contributed by atoms with Gasteiger partial charge in [0.2, 0.25) is 0 Å². The summed E-state index contributed by atoms with van der Waals surface area (Å²) < 4.78 is 13.9. The average molecular weight is 496 g/mol. The second-order valence-corrected chi connectivity index (χ2v) is 13.5. The number of ether oxygens (including phenoxy) is 2. The van der Waals surface area contributed by atoms with Crippen molar-refractivity contribution in [1.82, 2.24) is 9.88 Å². The van der Waals surface area contributed by atoms with E-state index in [1.54, 1.807) is 0 Å². The summed E-state index contributed by atoms with van der Waals surface area (Å²) in [6.45, 7) is 4.67. The number of nitrogens with two attached hydrogens (primary N) is 1. The molecule has 2 aromatic rings. The number of fused-ring (bicyclic) bond motifs is 4. The van der Waals surface area contributed by atoms with Crippen LogP contribution in [0.1, 0.15) is 63.4 Å². The van der Waals surface area contributed by atoms with Crippen molar-refractivity contribution >= 4 is 10.8 Å². The SMILES string of the molecule is C[C@]12CC=C3C=C4[C@H]5OC5[C@@H](N5CC[C@@H](N)C5)C[C@]45CCC3(O5)[C@@H]1CC[C@@H]2c1ccc2ccncc2c1. The standard InChI is InChI=1S/C32H37N3O2/c1-30-9-6-22-15-25-28-29(36-28)26(35-13-8-23(33)18-35)16-31(25)10-11-32(22,37-31)27(30)5-4-24(30)20-3-2-19-7-12-34-17-21(19)14-20/h2-3,6-7,12,14-15,17,23-24,26-29H,4-5,8-11,13,16,18,33H2,1H3/t23-,24-,26+,27-,28-,29?,30-,31-,32?/m1/s1. The molecule has 3 saturated heterocycles. The fourth-order valence-corrected chi connectivity index (χ4v) is 10.0. The summed E-state index contributed by atoms with van der Waals surface area (Å²) in [6.07, 6.45) is 17.7.